The summed E-state index contributed by atoms with van der Waals surface area (Å²) in [4.78, 5) is 123. The molecule has 4 heterocycles. The fraction of sp³-hybridized carbons (Fsp3) is 0.472. The molecule has 0 spiro atoms. The van der Waals surface area contributed by atoms with Gasteiger partial charge in [-0.25, -0.2) is 0 Å². The Hall–Kier alpha value is -6.88. The lowest BCUT2D eigenvalue weighted by molar-refractivity contribution is -0.157. The standard InChI is InChI=1S/C19H23NO6.C19H21NO5.C14H16O3.CH5N/c1-4-12(11-8-6-5-7-9-11)14(17(22)23)15(16(21)20-3)13-10(2)18(24)26-19(13)25;1-4-12(11-8-6-5-7-9-11)14-15(17(22)20(3)16(14)21)13-10(2)18(23)25-19(13)24;1-3-11(10-7-5-4-6-8-10)12-9(2)13(15)17-14(12)16;1-2/h5-10,12-15H,4H2,1-3H3,(H,20,21)(H,22,23);5-10,12-15H,4H2,1-3H3;4-9,11-12H,3H2,1-2H3;2H2,1H3. The van der Waals surface area contributed by atoms with E-state index in [1.54, 1.807) is 38.1 Å². The highest BCUT2D eigenvalue weighted by Crippen LogP contribution is 2.47. The molecule has 376 valence electrons. The average Bonchev–Trinajstić information content (AvgIpc) is 3.95. The third-order valence-electron chi connectivity index (χ3n) is 14.1. The van der Waals surface area contributed by atoms with Crippen molar-refractivity contribution in [2.45, 2.75) is 78.6 Å². The number of nitrogens with two attached hydrogens (primary N) is 1. The van der Waals surface area contributed by atoms with E-state index in [1.165, 1.54) is 28.1 Å². The maximum absolute atomic E-state index is 12.8. The van der Waals surface area contributed by atoms with Gasteiger partial charge in [-0.15, -0.1) is 0 Å². The molecule has 7 rings (SSSR count). The topological polar surface area (TPSA) is 260 Å². The number of rotatable bonds is 14. The van der Waals surface area contributed by atoms with Gasteiger partial charge in [0.25, 0.3) is 0 Å². The summed E-state index contributed by atoms with van der Waals surface area (Å²) in [6, 6.07) is 28.3. The number of carbonyl (C=O) groups is 10. The monoisotopic (exact) mass is 967 g/mol. The first-order valence-electron chi connectivity index (χ1n) is 23.6. The average molecular weight is 968 g/mol. The van der Waals surface area contributed by atoms with Gasteiger partial charge in [-0.2, -0.15) is 0 Å². The number of amides is 3. The Labute approximate surface area is 408 Å². The second-order valence-electron chi connectivity index (χ2n) is 17.7. The van der Waals surface area contributed by atoms with Gasteiger partial charge in [0.1, 0.15) is 0 Å². The Bertz CT molecular complexity index is 2380. The molecule has 0 saturated carbocycles. The van der Waals surface area contributed by atoms with E-state index in [9.17, 15) is 53.1 Å². The van der Waals surface area contributed by atoms with Crippen LogP contribution in [-0.4, -0.2) is 90.7 Å². The number of cyclic esters (lactones) is 6. The maximum atomic E-state index is 12.8. The van der Waals surface area contributed by atoms with Gasteiger partial charge < -0.3 is 30.4 Å². The minimum Gasteiger partial charge on any atom is -0.481 e. The minimum atomic E-state index is -1.21. The number of likely N-dealkylation sites (tertiary alicyclic amines) is 1. The summed E-state index contributed by atoms with van der Waals surface area (Å²) in [7, 11) is 4.31. The molecule has 4 N–H and O–H groups in total. The van der Waals surface area contributed by atoms with Crippen LogP contribution < -0.4 is 11.1 Å². The molecule has 0 radical (unpaired) electrons. The fourth-order valence-corrected chi connectivity index (χ4v) is 10.4. The molecule has 70 heavy (non-hydrogen) atoms. The number of esters is 6. The van der Waals surface area contributed by atoms with Crippen molar-refractivity contribution in [1.29, 1.82) is 0 Å². The Balaban J connectivity index is 0.000000229. The van der Waals surface area contributed by atoms with E-state index in [2.05, 4.69) is 15.8 Å². The molecule has 13 unspecified atom stereocenters. The molecule has 0 bridgehead atoms. The Morgan fingerprint density at radius 3 is 1.31 bits per heavy atom. The molecule has 3 aromatic carbocycles. The number of benzene rings is 3. The van der Waals surface area contributed by atoms with Gasteiger partial charge in [0, 0.05) is 14.1 Å². The van der Waals surface area contributed by atoms with Crippen molar-refractivity contribution in [3.05, 3.63) is 108 Å². The molecule has 17 nitrogen and oxygen atoms in total. The maximum Gasteiger partial charge on any atom is 0.318 e. The lowest BCUT2D eigenvalue weighted by Crippen LogP contribution is -2.46. The molecule has 4 saturated heterocycles. The summed E-state index contributed by atoms with van der Waals surface area (Å²) < 4.78 is 14.1. The molecular weight excluding hydrogens is 903 g/mol. The summed E-state index contributed by atoms with van der Waals surface area (Å²) >= 11 is 0. The Morgan fingerprint density at radius 1 is 0.557 bits per heavy atom. The van der Waals surface area contributed by atoms with Gasteiger partial charge in [-0.3, -0.25) is 52.8 Å². The number of ether oxygens (including phenoxy) is 3. The number of hydrogen-bond acceptors (Lipinski definition) is 14. The van der Waals surface area contributed by atoms with Crippen LogP contribution in [0.5, 0.6) is 0 Å². The van der Waals surface area contributed by atoms with Gasteiger partial charge in [0.05, 0.1) is 59.2 Å². The molecule has 0 aliphatic carbocycles. The lowest BCUT2D eigenvalue weighted by atomic mass is 9.68. The van der Waals surface area contributed by atoms with Gasteiger partial charge in [-0.05, 0) is 60.8 Å². The number of carbonyl (C=O) groups excluding carboxylic acids is 9. The Morgan fingerprint density at radius 2 is 0.957 bits per heavy atom. The lowest BCUT2D eigenvalue weighted by Gasteiger charge is -2.32. The van der Waals surface area contributed by atoms with Crippen molar-refractivity contribution in [3.8, 4) is 0 Å². The number of aliphatic carboxylic acids is 1. The van der Waals surface area contributed by atoms with Gasteiger partial charge in [0.2, 0.25) is 17.7 Å². The molecule has 4 fully saturated rings. The highest BCUT2D eigenvalue weighted by molar-refractivity contribution is 6.09. The predicted molar refractivity (Wildman–Crippen MR) is 253 cm³/mol. The fourth-order valence-electron chi connectivity index (χ4n) is 10.4. The van der Waals surface area contributed by atoms with Crippen molar-refractivity contribution < 1.29 is 67.3 Å². The van der Waals surface area contributed by atoms with Crippen molar-refractivity contribution in [3.63, 3.8) is 0 Å². The van der Waals surface area contributed by atoms with E-state index < -0.39 is 101 Å². The largest absolute Gasteiger partial charge is 0.481 e. The smallest absolute Gasteiger partial charge is 0.318 e. The van der Waals surface area contributed by atoms with Crippen LogP contribution in [0.4, 0.5) is 0 Å². The number of imide groups is 1. The molecule has 0 aromatic heterocycles. The van der Waals surface area contributed by atoms with Crippen molar-refractivity contribution in [2.75, 3.05) is 21.1 Å². The molecule has 3 amide bonds. The normalized spacial score (nSPS) is 25.9. The van der Waals surface area contributed by atoms with Crippen LogP contribution in [0.2, 0.25) is 0 Å². The molecule has 4 aliphatic heterocycles. The van der Waals surface area contributed by atoms with Crippen molar-refractivity contribution >= 4 is 59.5 Å². The second-order valence-corrected chi connectivity index (χ2v) is 17.7. The van der Waals surface area contributed by atoms with E-state index in [1.807, 2.05) is 87.5 Å². The molecule has 17 heteroatoms. The highest BCUT2D eigenvalue weighted by Gasteiger charge is 2.59. The molecular formula is C53H65N3O14. The Kier molecular flexibility index (Phi) is 20.0. The van der Waals surface area contributed by atoms with Crippen molar-refractivity contribution in [1.82, 2.24) is 10.2 Å². The third kappa shape index (κ3) is 11.7. The summed E-state index contributed by atoms with van der Waals surface area (Å²) in [5, 5.41) is 12.4. The van der Waals surface area contributed by atoms with Crippen LogP contribution in [-0.2, 0) is 62.2 Å². The number of carboxylic acid groups (broad SMARTS) is 1. The highest BCUT2D eigenvalue weighted by atomic mass is 16.6. The first-order valence-corrected chi connectivity index (χ1v) is 23.6. The van der Waals surface area contributed by atoms with Crippen LogP contribution >= 0.6 is 0 Å². The summed E-state index contributed by atoms with van der Waals surface area (Å²) in [5.74, 6) is -15.0. The molecule has 4 aliphatic rings. The van der Waals surface area contributed by atoms with E-state index in [0.717, 1.165) is 28.0 Å². The quantitative estimate of drug-likeness (QED) is 0.0789. The van der Waals surface area contributed by atoms with Crippen LogP contribution in [0.3, 0.4) is 0 Å². The van der Waals surface area contributed by atoms with E-state index in [0.29, 0.717) is 12.8 Å². The second kappa shape index (κ2) is 25.1. The molecule has 3 aromatic rings. The summed E-state index contributed by atoms with van der Waals surface area (Å²) in [6.07, 6.45) is 1.92. The van der Waals surface area contributed by atoms with Gasteiger partial charge >= 0.3 is 41.8 Å². The third-order valence-corrected chi connectivity index (χ3v) is 14.1. The summed E-state index contributed by atoms with van der Waals surface area (Å²) in [6.45, 7) is 10.6. The van der Waals surface area contributed by atoms with E-state index >= 15 is 0 Å². The molecule has 13 atom stereocenters. The van der Waals surface area contributed by atoms with Crippen LogP contribution in [0.1, 0.15) is 95.2 Å². The predicted octanol–water partition coefficient (Wildman–Crippen LogP) is 5.42. The SMILES string of the molecule is CCC(c1ccccc1)C(C(=O)O)C(C(=O)NC)C1C(=O)OC(=O)C1C.CCC(c1ccccc1)C1C(=O)N(C)C(=O)C1C1C(=O)OC(=O)C1C.CCC(c1ccccc1)C1C(=O)OC(=O)C1C.CN. The van der Waals surface area contributed by atoms with Gasteiger partial charge in [0.15, 0.2) is 0 Å². The van der Waals surface area contributed by atoms with Crippen LogP contribution in [0.25, 0.3) is 0 Å². The first kappa shape index (κ1) is 55.7. The first-order chi connectivity index (χ1) is 33.4. The van der Waals surface area contributed by atoms with E-state index in [4.69, 9.17) is 9.47 Å². The number of nitrogens with one attached hydrogen (secondary N) is 1. The van der Waals surface area contributed by atoms with Gasteiger partial charge in [-0.1, -0.05) is 133 Å². The zero-order chi connectivity index (χ0) is 52.1. The van der Waals surface area contributed by atoms with Crippen LogP contribution in [0, 0.1) is 59.2 Å². The number of carboxylic acids is 1. The van der Waals surface area contributed by atoms with Crippen LogP contribution in [0.15, 0.2) is 91.0 Å². The number of nitrogens with zero attached hydrogens (tertiary/aromatic N) is 1. The van der Waals surface area contributed by atoms with Crippen molar-refractivity contribution in [2.24, 2.45) is 64.9 Å². The minimum absolute atomic E-state index is 0.0603. The zero-order valence-electron chi connectivity index (χ0n) is 41.1. The summed E-state index contributed by atoms with van der Waals surface area (Å²) in [5.41, 5.74) is 7.31. The van der Waals surface area contributed by atoms with E-state index in [-0.39, 0.29) is 35.5 Å². The number of hydrogen-bond donors (Lipinski definition) is 3. The zero-order valence-corrected chi connectivity index (χ0v) is 41.1.